The van der Waals surface area contributed by atoms with Crippen molar-refractivity contribution >= 4 is 39.3 Å². The molecule has 1 N–H and O–H groups in total. The van der Waals surface area contributed by atoms with Crippen LogP contribution < -0.4 is 0 Å². The standard InChI is InChI=1S/C18H17IO2/c1-18(2,3)14-10-13(19)8-12-9-15(21-17(12)14)16(20)11-6-4-5-7-11/h4-10,20H,1-3H3. The van der Waals surface area contributed by atoms with Crippen LogP contribution in [0.3, 0.4) is 0 Å². The van der Waals surface area contributed by atoms with E-state index < -0.39 is 0 Å². The van der Waals surface area contributed by atoms with E-state index in [9.17, 15) is 5.11 Å². The number of aliphatic hydroxyl groups excluding tert-OH is 1. The summed E-state index contributed by atoms with van der Waals surface area (Å²) < 4.78 is 7.15. The van der Waals surface area contributed by atoms with E-state index in [1.165, 1.54) is 3.57 Å². The molecular formula is C18H17IO2. The van der Waals surface area contributed by atoms with Crippen molar-refractivity contribution in [3.63, 3.8) is 0 Å². The fraction of sp³-hybridized carbons (Fsp3) is 0.222. The highest BCUT2D eigenvalue weighted by atomic mass is 127. The normalized spacial score (nSPS) is 14.4. The summed E-state index contributed by atoms with van der Waals surface area (Å²) in [6.07, 6.45) is 7.54. The summed E-state index contributed by atoms with van der Waals surface area (Å²) >= 11 is 2.32. The van der Waals surface area contributed by atoms with Crippen LogP contribution in [0.25, 0.3) is 16.7 Å². The van der Waals surface area contributed by atoms with E-state index in [1.54, 1.807) is 0 Å². The molecule has 2 aromatic rings. The number of fused-ring (bicyclic) bond motifs is 1. The second kappa shape index (κ2) is 5.05. The van der Waals surface area contributed by atoms with E-state index >= 15 is 0 Å². The van der Waals surface area contributed by atoms with Gasteiger partial charge in [-0.2, -0.15) is 0 Å². The van der Waals surface area contributed by atoms with Crippen LogP contribution in [0.5, 0.6) is 0 Å². The highest BCUT2D eigenvalue weighted by Gasteiger charge is 2.22. The molecule has 1 aliphatic carbocycles. The maximum atomic E-state index is 10.4. The number of rotatable bonds is 1. The molecule has 0 radical (unpaired) electrons. The molecule has 0 atom stereocenters. The monoisotopic (exact) mass is 392 g/mol. The van der Waals surface area contributed by atoms with Gasteiger partial charge in [-0.05, 0) is 46.2 Å². The average Bonchev–Trinajstić information content (AvgIpc) is 3.04. The summed E-state index contributed by atoms with van der Waals surface area (Å²) in [7, 11) is 0. The van der Waals surface area contributed by atoms with Gasteiger partial charge in [0.2, 0.25) is 0 Å². The van der Waals surface area contributed by atoms with Crippen molar-refractivity contribution in [2.24, 2.45) is 0 Å². The van der Waals surface area contributed by atoms with Gasteiger partial charge in [0.25, 0.3) is 0 Å². The van der Waals surface area contributed by atoms with Crippen molar-refractivity contribution < 1.29 is 9.52 Å². The molecule has 0 saturated carbocycles. The van der Waals surface area contributed by atoms with Gasteiger partial charge >= 0.3 is 0 Å². The zero-order valence-corrected chi connectivity index (χ0v) is 14.4. The molecule has 108 valence electrons. The highest BCUT2D eigenvalue weighted by Crippen LogP contribution is 2.35. The molecule has 0 saturated heterocycles. The minimum absolute atomic E-state index is 0.00944. The Morgan fingerprint density at radius 3 is 2.38 bits per heavy atom. The van der Waals surface area contributed by atoms with Crippen molar-refractivity contribution in [2.45, 2.75) is 26.2 Å². The quantitative estimate of drug-likeness (QED) is 0.497. The molecule has 2 nitrogen and oxygen atoms in total. The Bertz CT molecular complexity index is 784. The maximum absolute atomic E-state index is 10.4. The number of benzene rings is 1. The number of halogens is 1. The van der Waals surface area contributed by atoms with Crippen LogP contribution in [0.2, 0.25) is 0 Å². The third-order valence-corrected chi connectivity index (χ3v) is 4.18. The van der Waals surface area contributed by atoms with Gasteiger partial charge in [-0.25, -0.2) is 0 Å². The molecule has 3 heteroatoms. The molecule has 1 heterocycles. The molecule has 0 amide bonds. The molecule has 0 spiro atoms. The van der Waals surface area contributed by atoms with Gasteiger partial charge in [0.15, 0.2) is 11.5 Å². The third kappa shape index (κ3) is 2.67. The lowest BCUT2D eigenvalue weighted by molar-refractivity contribution is 0.466. The molecule has 1 aromatic heterocycles. The lowest BCUT2D eigenvalue weighted by Gasteiger charge is -2.19. The van der Waals surface area contributed by atoms with Crippen LogP contribution in [0, 0.1) is 3.57 Å². The number of furan rings is 1. The molecule has 1 aromatic carbocycles. The average molecular weight is 392 g/mol. The largest absolute Gasteiger partial charge is 0.504 e. The fourth-order valence-corrected chi connectivity index (χ4v) is 3.11. The Kier molecular flexibility index (Phi) is 3.48. The van der Waals surface area contributed by atoms with Gasteiger partial charge in [0.1, 0.15) is 5.58 Å². The number of allylic oxidation sites excluding steroid dienone is 5. The first-order valence-corrected chi connectivity index (χ1v) is 7.96. The Labute approximate surface area is 138 Å². The van der Waals surface area contributed by atoms with Gasteiger partial charge in [-0.3, -0.25) is 0 Å². The van der Waals surface area contributed by atoms with E-state index in [0.717, 1.165) is 22.1 Å². The first-order chi connectivity index (χ1) is 9.86. The number of aliphatic hydroxyl groups is 1. The van der Waals surface area contributed by atoms with E-state index in [0.29, 0.717) is 5.76 Å². The zero-order chi connectivity index (χ0) is 15.2. The molecule has 0 aliphatic heterocycles. The molecule has 0 bridgehead atoms. The van der Waals surface area contributed by atoms with E-state index in [4.69, 9.17) is 4.42 Å². The first-order valence-electron chi connectivity index (χ1n) is 6.88. The van der Waals surface area contributed by atoms with Crippen LogP contribution in [0.1, 0.15) is 32.1 Å². The van der Waals surface area contributed by atoms with E-state index in [1.807, 2.05) is 30.4 Å². The second-order valence-corrected chi connectivity index (χ2v) is 7.50. The summed E-state index contributed by atoms with van der Waals surface area (Å²) in [6, 6.07) is 6.14. The summed E-state index contributed by atoms with van der Waals surface area (Å²) in [4.78, 5) is 0. The summed E-state index contributed by atoms with van der Waals surface area (Å²) in [5.41, 5.74) is 2.79. The first kappa shape index (κ1) is 14.4. The van der Waals surface area contributed by atoms with Gasteiger partial charge in [-0.1, -0.05) is 45.1 Å². The Morgan fingerprint density at radius 1 is 1.10 bits per heavy atom. The SMILES string of the molecule is CC(C)(C)c1cc(I)cc2cc(C(O)=C3C=CC=C3)oc12. The summed E-state index contributed by atoms with van der Waals surface area (Å²) in [5, 5.41) is 11.4. The molecular weight excluding hydrogens is 375 g/mol. The predicted octanol–water partition coefficient (Wildman–Crippen LogP) is 5.73. The number of hydrogen-bond acceptors (Lipinski definition) is 2. The third-order valence-electron chi connectivity index (χ3n) is 3.56. The minimum Gasteiger partial charge on any atom is -0.504 e. The maximum Gasteiger partial charge on any atom is 0.170 e. The van der Waals surface area contributed by atoms with Crippen molar-refractivity contribution in [3.8, 4) is 0 Å². The van der Waals surface area contributed by atoms with Crippen molar-refractivity contribution in [2.75, 3.05) is 0 Å². The fourth-order valence-electron chi connectivity index (χ4n) is 2.46. The highest BCUT2D eigenvalue weighted by molar-refractivity contribution is 14.1. The van der Waals surface area contributed by atoms with Gasteiger partial charge in [0.05, 0.1) is 0 Å². The van der Waals surface area contributed by atoms with Gasteiger partial charge < -0.3 is 9.52 Å². The lowest BCUT2D eigenvalue weighted by Crippen LogP contribution is -2.11. The molecule has 21 heavy (non-hydrogen) atoms. The zero-order valence-electron chi connectivity index (χ0n) is 12.3. The van der Waals surface area contributed by atoms with E-state index in [-0.39, 0.29) is 11.2 Å². The van der Waals surface area contributed by atoms with Crippen molar-refractivity contribution in [1.82, 2.24) is 0 Å². The molecule has 1 aliphatic rings. The molecule has 0 unspecified atom stereocenters. The second-order valence-electron chi connectivity index (χ2n) is 6.25. The summed E-state index contributed by atoms with van der Waals surface area (Å²) in [6.45, 7) is 6.50. The topological polar surface area (TPSA) is 33.4 Å². The molecule has 0 fully saturated rings. The Hall–Kier alpha value is -1.49. The van der Waals surface area contributed by atoms with Crippen LogP contribution in [0.4, 0.5) is 0 Å². The lowest BCUT2D eigenvalue weighted by atomic mass is 9.86. The van der Waals surface area contributed by atoms with Crippen LogP contribution in [-0.2, 0) is 5.41 Å². The Balaban J connectivity index is 2.23. The Morgan fingerprint density at radius 2 is 1.76 bits per heavy atom. The van der Waals surface area contributed by atoms with E-state index in [2.05, 4.69) is 55.5 Å². The van der Waals surface area contributed by atoms with Gasteiger partial charge in [0, 0.05) is 20.1 Å². The predicted molar refractivity (Wildman–Crippen MR) is 95.5 cm³/mol. The van der Waals surface area contributed by atoms with Crippen LogP contribution in [-0.4, -0.2) is 5.11 Å². The van der Waals surface area contributed by atoms with Crippen LogP contribution >= 0.6 is 22.6 Å². The number of hydrogen-bond donors (Lipinski definition) is 1. The van der Waals surface area contributed by atoms with Crippen molar-refractivity contribution in [3.05, 3.63) is 63.0 Å². The summed E-state index contributed by atoms with van der Waals surface area (Å²) in [5.74, 6) is 0.703. The van der Waals surface area contributed by atoms with Gasteiger partial charge in [-0.15, -0.1) is 0 Å². The molecule has 3 rings (SSSR count). The smallest absolute Gasteiger partial charge is 0.170 e. The minimum atomic E-state index is -0.00944. The van der Waals surface area contributed by atoms with Crippen LogP contribution in [0.15, 0.2) is 52.5 Å². The van der Waals surface area contributed by atoms with Crippen molar-refractivity contribution in [1.29, 1.82) is 0 Å².